The Balaban J connectivity index is 0.757. The minimum Gasteiger partial charge on any atom is -0.438 e. The molecule has 1 aromatic heterocycles. The van der Waals surface area contributed by atoms with Crippen molar-refractivity contribution in [1.82, 2.24) is 25.1 Å². The number of amides is 6. The van der Waals surface area contributed by atoms with E-state index >= 15 is 8.78 Å². The highest BCUT2D eigenvalue weighted by Crippen LogP contribution is 2.67. The molecule has 0 bridgehead atoms. The van der Waals surface area contributed by atoms with Crippen molar-refractivity contribution in [3.8, 4) is 0 Å². The van der Waals surface area contributed by atoms with Crippen LogP contribution in [0.3, 0.4) is 0 Å². The van der Waals surface area contributed by atoms with Crippen molar-refractivity contribution in [1.29, 1.82) is 0 Å². The number of ether oxygens (including phenoxy) is 5. The second kappa shape index (κ2) is 35.1. The van der Waals surface area contributed by atoms with Crippen LogP contribution in [0.2, 0.25) is 0 Å². The summed E-state index contributed by atoms with van der Waals surface area (Å²) in [4.78, 5) is 131. The Bertz CT molecular complexity index is 3970. The molecular formula is C74H94F2N7O18P. The molecule has 1 saturated heterocycles. The molecule has 0 saturated carbocycles. The van der Waals surface area contributed by atoms with E-state index in [1.807, 2.05) is 54.6 Å². The Labute approximate surface area is 591 Å². The van der Waals surface area contributed by atoms with Crippen LogP contribution in [0.1, 0.15) is 165 Å². The SMILES string of the molecule is C/C(=C\C(=O)N[C@H]1CCc2cccc3c2N(C1=O)[C@H](C(=O)N[C@@H](CCC(N)=O)[C@@H](C)OCc1ccc(CCCOCCCCCCOCCCc2ccc4c(c2)n(C)c(=O)n4C2C(=O)CC(=O)NC2=O)cc1)C3)c1ccc(C(F)(F)P(=O)(OCOC(=O)C(C)(C)C)OCOC(=O)C(C)(C)C)cc1. The molecule has 0 aliphatic carbocycles. The van der Waals surface area contributed by atoms with Crippen LogP contribution in [-0.2, 0) is 125 Å². The van der Waals surface area contributed by atoms with Gasteiger partial charge >= 0.3 is 30.9 Å². The number of para-hydroxylation sites is 1. The molecule has 3 aliphatic rings. The summed E-state index contributed by atoms with van der Waals surface area (Å²) in [5, 5.41) is 8.01. The number of esters is 2. The van der Waals surface area contributed by atoms with Gasteiger partial charge in [-0.05, 0) is 164 Å². The number of aromatic nitrogens is 2. The van der Waals surface area contributed by atoms with Crippen LogP contribution in [0.15, 0.2) is 95.8 Å². The van der Waals surface area contributed by atoms with E-state index in [9.17, 15) is 52.5 Å². The first kappa shape index (κ1) is 79.1. The zero-order valence-corrected chi connectivity index (χ0v) is 60.3. The molecule has 8 rings (SSSR count). The molecule has 0 spiro atoms. The van der Waals surface area contributed by atoms with Crippen LogP contribution in [0.5, 0.6) is 0 Å². The number of aryl methyl sites for hydroxylation is 4. The Morgan fingerprint density at radius 3 is 1.92 bits per heavy atom. The summed E-state index contributed by atoms with van der Waals surface area (Å²) in [5.41, 5.74) is 4.56. The topological polar surface area (TPSA) is 328 Å². The summed E-state index contributed by atoms with van der Waals surface area (Å²) >= 11 is 0. The molecule has 6 amide bonds. The third-order valence-electron chi connectivity index (χ3n) is 18.0. The average Bonchev–Trinajstić information content (AvgIpc) is 1.60. The summed E-state index contributed by atoms with van der Waals surface area (Å²) in [5.74, 6) is -6.05. The van der Waals surface area contributed by atoms with Gasteiger partial charge in [0.05, 0.1) is 52.7 Å². The quantitative estimate of drug-likeness (QED) is 0.00552. The van der Waals surface area contributed by atoms with E-state index in [-0.39, 0.29) is 32.3 Å². The maximum Gasteiger partial charge on any atom is 0.410 e. The van der Waals surface area contributed by atoms with Crippen molar-refractivity contribution in [2.24, 2.45) is 23.6 Å². The second-order valence-corrected chi connectivity index (χ2v) is 30.1. The number of ketones is 1. The lowest BCUT2D eigenvalue weighted by atomic mass is 9.98. The molecule has 1 unspecified atom stereocenters. The monoisotopic (exact) mass is 1440 g/mol. The smallest absolute Gasteiger partial charge is 0.410 e. The number of halogens is 2. The Morgan fingerprint density at radius 2 is 1.32 bits per heavy atom. The van der Waals surface area contributed by atoms with Gasteiger partial charge in [-0.15, -0.1) is 0 Å². The fraction of sp³-hybridized carbons (Fsp3) is 0.514. The van der Waals surface area contributed by atoms with E-state index in [0.717, 1.165) is 89.5 Å². The lowest BCUT2D eigenvalue weighted by molar-refractivity contribution is -0.163. The van der Waals surface area contributed by atoms with Gasteiger partial charge in [0.15, 0.2) is 11.8 Å². The van der Waals surface area contributed by atoms with Crippen molar-refractivity contribution < 1.29 is 89.2 Å². The number of alkyl halides is 2. The number of nitrogens with one attached hydrogen (secondary N) is 3. The molecule has 102 heavy (non-hydrogen) atoms. The van der Waals surface area contributed by atoms with Crippen molar-refractivity contribution in [2.45, 2.75) is 188 Å². The van der Waals surface area contributed by atoms with Crippen molar-refractivity contribution >= 4 is 83.1 Å². The molecule has 4 heterocycles. The number of hydrogen-bond donors (Lipinski definition) is 4. The van der Waals surface area contributed by atoms with Crippen LogP contribution in [0.4, 0.5) is 14.5 Å². The average molecular weight is 1440 g/mol. The zero-order chi connectivity index (χ0) is 74.3. The van der Waals surface area contributed by atoms with Gasteiger partial charge in [-0.2, -0.15) is 8.78 Å². The number of Topliss-reactive ketones (excluding diaryl/α,β-unsaturated/α-hetero) is 1. The number of piperidine rings is 1. The third kappa shape index (κ3) is 20.4. The van der Waals surface area contributed by atoms with Crippen LogP contribution in [0.25, 0.3) is 16.6 Å². The summed E-state index contributed by atoms with van der Waals surface area (Å²) in [6.45, 7) is 12.8. The van der Waals surface area contributed by atoms with Gasteiger partial charge in [0.2, 0.25) is 43.1 Å². The third-order valence-corrected chi connectivity index (χ3v) is 19.8. The van der Waals surface area contributed by atoms with Crippen LogP contribution in [-0.4, -0.2) is 127 Å². The van der Waals surface area contributed by atoms with Gasteiger partial charge in [-0.25, -0.2) is 4.79 Å². The lowest BCUT2D eigenvalue weighted by Crippen LogP contribution is -2.56. The number of imide groups is 1. The number of nitrogens with zero attached hydrogens (tertiary/aromatic N) is 3. The number of carbonyl (C=O) groups excluding carboxylic acids is 9. The van der Waals surface area contributed by atoms with Crippen LogP contribution >= 0.6 is 7.60 Å². The highest BCUT2D eigenvalue weighted by molar-refractivity contribution is 7.54. The minimum absolute atomic E-state index is 0.0520. The Kier molecular flexibility index (Phi) is 27.2. The van der Waals surface area contributed by atoms with Gasteiger partial charge in [-0.1, -0.05) is 85.6 Å². The fourth-order valence-corrected chi connectivity index (χ4v) is 13.3. The highest BCUT2D eigenvalue weighted by Gasteiger charge is 2.56. The van der Waals surface area contributed by atoms with Crippen LogP contribution < -0.4 is 32.3 Å². The molecule has 5 aromatic rings. The van der Waals surface area contributed by atoms with Crippen molar-refractivity contribution in [3.05, 3.63) is 140 Å². The Hall–Kier alpha value is -8.59. The molecule has 25 nitrogen and oxygen atoms in total. The van der Waals surface area contributed by atoms with Gasteiger partial charge in [0.1, 0.15) is 12.1 Å². The number of unbranched alkanes of at least 4 members (excludes halogenated alkanes) is 3. The van der Waals surface area contributed by atoms with E-state index in [4.69, 9.17) is 38.5 Å². The summed E-state index contributed by atoms with van der Waals surface area (Å²) in [6.07, 6.45) is 8.02. The molecule has 5 N–H and O–H groups in total. The summed E-state index contributed by atoms with van der Waals surface area (Å²) in [7, 11) is -4.02. The zero-order valence-electron chi connectivity index (χ0n) is 59.4. The predicted molar refractivity (Wildman–Crippen MR) is 373 cm³/mol. The van der Waals surface area contributed by atoms with Crippen molar-refractivity contribution in [3.63, 3.8) is 0 Å². The fourth-order valence-electron chi connectivity index (χ4n) is 12.1. The molecule has 28 heteroatoms. The van der Waals surface area contributed by atoms with Gasteiger partial charge in [0, 0.05) is 58.0 Å². The molecule has 4 aromatic carbocycles. The van der Waals surface area contributed by atoms with Gasteiger partial charge in [-0.3, -0.25) is 76.1 Å². The molecule has 0 radical (unpaired) electrons. The number of anilines is 1. The highest BCUT2D eigenvalue weighted by atomic mass is 31.2. The molecule has 1 fully saturated rings. The number of carbonyl (C=O) groups is 9. The standard InChI is InChI=1S/C74H94F2N7O18P/c1-46(51-26-29-54(30-27-51)74(75,76)102(94,100-44-98-69(91)72(3,4)5)101-45-99-70(92)73(6,7)8)39-62(86)78-56-31-28-52-19-14-20-53-41-59(82(64(52)53)68(56)90)66(88)79-55(32-34-61(77)85)47(2)97-43-50-23-21-48(22-24-50)17-15-37-95-35-12-10-11-13-36-96-38-16-18-49-25-33-57-58(40-49)81(9)71(93)83(57)65-60(84)42-63(87)80-67(65)89/h14,19-27,29-30,33,39-40,47,55-56,59,65H,10-13,15-18,28,31-32,34-38,41-45H2,1-9H3,(H2,77,85)(H,78,86)(H,79,88)(H,80,87,89)/b46-39+/t47-,55+,56+,59+,65?/m1/s1. The lowest BCUT2D eigenvalue weighted by Gasteiger charge is -2.31. The normalized spacial score (nSPS) is 17.2. The van der Waals surface area contributed by atoms with E-state index < -0.39 is 139 Å². The van der Waals surface area contributed by atoms with Crippen molar-refractivity contribution in [2.75, 3.05) is 44.9 Å². The number of allylic oxidation sites excluding steroid dienone is 1. The maximum atomic E-state index is 16.3. The number of primary amides is 1. The van der Waals surface area contributed by atoms with E-state index in [2.05, 4.69) is 16.0 Å². The number of nitrogens with two attached hydrogens (primary N) is 1. The molecule has 5 atom stereocenters. The number of benzene rings is 4. The maximum absolute atomic E-state index is 16.3. The van der Waals surface area contributed by atoms with E-state index in [1.54, 1.807) is 27.0 Å². The summed E-state index contributed by atoms with van der Waals surface area (Å²) < 4.78 is 87.0. The van der Waals surface area contributed by atoms with Gasteiger partial charge < -0.3 is 40.1 Å². The molecule has 3 aliphatic heterocycles. The predicted octanol–water partition coefficient (Wildman–Crippen LogP) is 9.17. The van der Waals surface area contributed by atoms with E-state index in [1.165, 1.54) is 69.2 Å². The second-order valence-electron chi connectivity index (χ2n) is 28.0. The first-order valence-electron chi connectivity index (χ1n) is 34.4. The number of rotatable bonds is 36. The molecular weight excluding hydrogens is 1340 g/mol. The Morgan fingerprint density at radius 1 is 0.745 bits per heavy atom. The molecule has 552 valence electrons. The summed E-state index contributed by atoms with van der Waals surface area (Å²) in [6, 6.07) is 19.2. The number of hydrogen-bond acceptors (Lipinski definition) is 18. The van der Waals surface area contributed by atoms with Crippen LogP contribution in [0, 0.1) is 10.8 Å². The largest absolute Gasteiger partial charge is 0.438 e. The minimum atomic E-state index is -5.61. The number of imidazole rings is 1. The van der Waals surface area contributed by atoms with E-state index in [0.29, 0.717) is 67.1 Å². The van der Waals surface area contributed by atoms with Gasteiger partial charge in [0.25, 0.3) is 5.91 Å². The first-order valence-corrected chi connectivity index (χ1v) is 36.0. The first-order chi connectivity index (χ1) is 48.3. The number of fused-ring (bicyclic) bond motifs is 1.